The smallest absolute Gasteiger partial charge is 0.260 e. The van der Waals surface area contributed by atoms with Gasteiger partial charge in [-0.05, 0) is 43.5 Å². The highest BCUT2D eigenvalue weighted by atomic mass is 16.5. The average Bonchev–Trinajstić information content (AvgIpc) is 2.52. The molecule has 0 radical (unpaired) electrons. The van der Waals surface area contributed by atoms with Gasteiger partial charge in [-0.1, -0.05) is 0 Å². The normalized spacial score (nSPS) is 18.3. The summed E-state index contributed by atoms with van der Waals surface area (Å²) in [7, 11) is 0. The van der Waals surface area contributed by atoms with Crippen LogP contribution in [0.3, 0.4) is 0 Å². The number of nitrogens with two attached hydrogens (primary N) is 2. The molecule has 1 heterocycles. The van der Waals surface area contributed by atoms with Crippen molar-refractivity contribution in [1.82, 2.24) is 4.90 Å². The molecule has 114 valence electrons. The Hall–Kier alpha value is -2.08. The molecule has 0 spiro atoms. The van der Waals surface area contributed by atoms with Gasteiger partial charge in [0.2, 0.25) is 5.91 Å². The van der Waals surface area contributed by atoms with Gasteiger partial charge in [-0.3, -0.25) is 9.59 Å². The summed E-state index contributed by atoms with van der Waals surface area (Å²) in [5, 5.41) is 0. The largest absolute Gasteiger partial charge is 0.484 e. The van der Waals surface area contributed by atoms with Crippen molar-refractivity contribution in [1.29, 1.82) is 0 Å². The van der Waals surface area contributed by atoms with Crippen molar-refractivity contribution < 1.29 is 14.3 Å². The zero-order valence-corrected chi connectivity index (χ0v) is 12.0. The van der Waals surface area contributed by atoms with E-state index in [0.717, 1.165) is 25.8 Å². The standard InChI is InChI=1S/C15H21N3O3/c16-9-12-3-1-2-8-18(12)14(19)10-21-13-6-4-11(5-7-13)15(17)20/h4-7,12H,1-3,8-10,16H2,(H2,17,20). The molecule has 0 saturated carbocycles. The van der Waals surface area contributed by atoms with Crippen LogP contribution in [0.25, 0.3) is 0 Å². The molecule has 1 atom stereocenters. The van der Waals surface area contributed by atoms with Gasteiger partial charge in [0.05, 0.1) is 0 Å². The van der Waals surface area contributed by atoms with Gasteiger partial charge in [0.25, 0.3) is 5.91 Å². The summed E-state index contributed by atoms with van der Waals surface area (Å²) < 4.78 is 5.46. The summed E-state index contributed by atoms with van der Waals surface area (Å²) in [6.07, 6.45) is 3.08. The fourth-order valence-electron chi connectivity index (χ4n) is 2.52. The van der Waals surface area contributed by atoms with Crippen LogP contribution in [0.4, 0.5) is 0 Å². The van der Waals surface area contributed by atoms with E-state index in [0.29, 0.717) is 17.9 Å². The lowest BCUT2D eigenvalue weighted by Gasteiger charge is -2.34. The maximum Gasteiger partial charge on any atom is 0.260 e. The highest BCUT2D eigenvalue weighted by molar-refractivity contribution is 5.92. The lowest BCUT2D eigenvalue weighted by atomic mass is 10.0. The summed E-state index contributed by atoms with van der Waals surface area (Å²) in [6, 6.07) is 6.53. The molecule has 1 aromatic rings. The first kappa shape index (κ1) is 15.3. The van der Waals surface area contributed by atoms with E-state index in [2.05, 4.69) is 0 Å². The van der Waals surface area contributed by atoms with E-state index < -0.39 is 5.91 Å². The molecule has 1 aliphatic rings. The Morgan fingerprint density at radius 2 is 1.95 bits per heavy atom. The van der Waals surface area contributed by atoms with Crippen LogP contribution in [0.5, 0.6) is 5.75 Å². The van der Waals surface area contributed by atoms with Gasteiger partial charge < -0.3 is 21.1 Å². The van der Waals surface area contributed by atoms with Crippen LogP contribution >= 0.6 is 0 Å². The summed E-state index contributed by atoms with van der Waals surface area (Å²) in [5.74, 6) is -0.00415. The lowest BCUT2D eigenvalue weighted by molar-refractivity contribution is -0.136. The number of carbonyl (C=O) groups is 2. The molecule has 1 unspecified atom stereocenters. The van der Waals surface area contributed by atoms with Crippen molar-refractivity contribution in [2.45, 2.75) is 25.3 Å². The first-order valence-corrected chi connectivity index (χ1v) is 7.14. The molecule has 2 rings (SSSR count). The number of ether oxygens (including phenoxy) is 1. The van der Waals surface area contributed by atoms with Gasteiger partial charge in [0.1, 0.15) is 5.75 Å². The van der Waals surface area contributed by atoms with E-state index in [4.69, 9.17) is 16.2 Å². The Morgan fingerprint density at radius 1 is 1.24 bits per heavy atom. The number of hydrogen-bond donors (Lipinski definition) is 2. The second-order valence-electron chi connectivity index (χ2n) is 5.15. The Labute approximate surface area is 124 Å². The number of benzene rings is 1. The van der Waals surface area contributed by atoms with E-state index >= 15 is 0 Å². The van der Waals surface area contributed by atoms with Crippen LogP contribution in [-0.2, 0) is 4.79 Å². The van der Waals surface area contributed by atoms with Gasteiger partial charge in [-0.15, -0.1) is 0 Å². The summed E-state index contributed by atoms with van der Waals surface area (Å²) >= 11 is 0. The molecule has 6 heteroatoms. The fraction of sp³-hybridized carbons (Fsp3) is 0.467. The molecular formula is C15H21N3O3. The first-order valence-electron chi connectivity index (χ1n) is 7.14. The van der Waals surface area contributed by atoms with Gasteiger partial charge in [0, 0.05) is 24.7 Å². The minimum atomic E-state index is -0.489. The van der Waals surface area contributed by atoms with Gasteiger partial charge in [-0.25, -0.2) is 0 Å². The van der Waals surface area contributed by atoms with Crippen LogP contribution in [0.1, 0.15) is 29.6 Å². The maximum absolute atomic E-state index is 12.2. The Balaban J connectivity index is 1.89. The first-order chi connectivity index (χ1) is 10.1. The zero-order chi connectivity index (χ0) is 15.2. The molecule has 6 nitrogen and oxygen atoms in total. The van der Waals surface area contributed by atoms with Crippen LogP contribution < -0.4 is 16.2 Å². The number of amides is 2. The fourth-order valence-corrected chi connectivity index (χ4v) is 2.52. The molecule has 2 amide bonds. The molecule has 4 N–H and O–H groups in total. The topological polar surface area (TPSA) is 98.7 Å². The van der Waals surface area contributed by atoms with E-state index in [1.807, 2.05) is 0 Å². The Morgan fingerprint density at radius 3 is 2.57 bits per heavy atom. The molecule has 1 aromatic carbocycles. The van der Waals surface area contributed by atoms with Crippen molar-refractivity contribution in [2.24, 2.45) is 11.5 Å². The number of rotatable bonds is 5. The molecule has 21 heavy (non-hydrogen) atoms. The number of primary amides is 1. The maximum atomic E-state index is 12.2. The average molecular weight is 291 g/mol. The molecule has 1 saturated heterocycles. The highest BCUT2D eigenvalue weighted by Crippen LogP contribution is 2.17. The zero-order valence-electron chi connectivity index (χ0n) is 12.0. The second-order valence-corrected chi connectivity index (χ2v) is 5.15. The molecule has 0 aromatic heterocycles. The Kier molecular flexibility index (Phi) is 5.16. The number of carbonyl (C=O) groups excluding carboxylic acids is 2. The van der Waals surface area contributed by atoms with E-state index in [1.165, 1.54) is 0 Å². The highest BCUT2D eigenvalue weighted by Gasteiger charge is 2.25. The van der Waals surface area contributed by atoms with Crippen LogP contribution in [0.2, 0.25) is 0 Å². The molecular weight excluding hydrogens is 270 g/mol. The summed E-state index contributed by atoms with van der Waals surface area (Å²) in [4.78, 5) is 25.0. The molecule has 1 aliphatic heterocycles. The van der Waals surface area contributed by atoms with Gasteiger partial charge in [-0.2, -0.15) is 0 Å². The SMILES string of the molecule is NCC1CCCCN1C(=O)COc1ccc(C(N)=O)cc1. The quantitative estimate of drug-likeness (QED) is 0.825. The third kappa shape index (κ3) is 3.95. The van der Waals surface area contributed by atoms with Crippen LogP contribution in [0, 0.1) is 0 Å². The number of hydrogen-bond acceptors (Lipinski definition) is 4. The van der Waals surface area contributed by atoms with Crippen molar-refractivity contribution in [2.75, 3.05) is 19.7 Å². The van der Waals surface area contributed by atoms with Crippen molar-refractivity contribution in [3.8, 4) is 5.75 Å². The minimum absolute atomic E-state index is 0.0214. The predicted molar refractivity (Wildman–Crippen MR) is 78.9 cm³/mol. The summed E-state index contributed by atoms with van der Waals surface area (Å²) in [5.41, 5.74) is 11.3. The van der Waals surface area contributed by atoms with Crippen molar-refractivity contribution >= 4 is 11.8 Å². The predicted octanol–water partition coefficient (Wildman–Crippen LogP) is 0.504. The molecule has 0 aliphatic carbocycles. The Bertz CT molecular complexity index is 501. The third-order valence-corrected chi connectivity index (χ3v) is 3.72. The summed E-state index contributed by atoms with van der Waals surface area (Å²) in [6.45, 7) is 1.20. The second kappa shape index (κ2) is 7.08. The lowest BCUT2D eigenvalue weighted by Crippen LogP contribution is -2.49. The minimum Gasteiger partial charge on any atom is -0.484 e. The van der Waals surface area contributed by atoms with Gasteiger partial charge in [0.15, 0.2) is 6.61 Å². The van der Waals surface area contributed by atoms with Crippen LogP contribution in [0.15, 0.2) is 24.3 Å². The number of piperidine rings is 1. The van der Waals surface area contributed by atoms with Gasteiger partial charge >= 0.3 is 0 Å². The van der Waals surface area contributed by atoms with E-state index in [9.17, 15) is 9.59 Å². The molecule has 1 fully saturated rings. The molecule has 0 bridgehead atoms. The van der Waals surface area contributed by atoms with Crippen molar-refractivity contribution in [3.63, 3.8) is 0 Å². The number of likely N-dealkylation sites (tertiary alicyclic amines) is 1. The van der Waals surface area contributed by atoms with Crippen molar-refractivity contribution in [3.05, 3.63) is 29.8 Å². The van der Waals surface area contributed by atoms with Crippen LogP contribution in [-0.4, -0.2) is 42.5 Å². The monoisotopic (exact) mass is 291 g/mol. The van der Waals surface area contributed by atoms with E-state index in [-0.39, 0.29) is 18.6 Å². The van der Waals surface area contributed by atoms with E-state index in [1.54, 1.807) is 29.2 Å². The third-order valence-electron chi connectivity index (χ3n) is 3.72. The number of nitrogens with zero attached hydrogens (tertiary/aromatic N) is 1.